The number of hydrogen-bond acceptors (Lipinski definition) is 33. The number of halogens is 3. The second kappa shape index (κ2) is 46.5. The molecule has 9 atom stereocenters. The molecular weight excluding hydrogens is 1760 g/mol. The van der Waals surface area contributed by atoms with Gasteiger partial charge in [0.1, 0.15) is 87.1 Å². The Hall–Kier alpha value is -13.0. The number of unbranched alkanes of at least 4 members (excludes halogenated alkanes) is 8. The molecule has 0 aliphatic carbocycles. The average molecular weight is 1860 g/mol. The van der Waals surface area contributed by atoms with Gasteiger partial charge < -0.3 is 79.5 Å². The summed E-state index contributed by atoms with van der Waals surface area (Å²) in [5, 5.41) is 20.7. The van der Waals surface area contributed by atoms with Crippen LogP contribution in [0.3, 0.4) is 0 Å². The number of nitrogen functional groups attached to an aromatic ring is 3. The number of aromatic nitrogens is 12. The molecule has 9 heterocycles. The summed E-state index contributed by atoms with van der Waals surface area (Å²) in [6, 6.07) is 26.4. The molecule has 3 fully saturated rings. The maximum atomic E-state index is 13.9. The van der Waals surface area contributed by atoms with Crippen LogP contribution < -0.4 is 17.2 Å². The summed E-state index contributed by atoms with van der Waals surface area (Å²) in [5.74, 6) is 3.34. The fraction of sp³-hybridized carbons (Fsp3) is 0.424. The van der Waals surface area contributed by atoms with Crippen LogP contribution in [0.4, 0.5) is 17.5 Å². The highest BCUT2D eigenvalue weighted by molar-refractivity contribution is 6.29. The van der Waals surface area contributed by atoms with Gasteiger partial charge in [-0.3, -0.25) is 32.9 Å². The van der Waals surface area contributed by atoms with Crippen molar-refractivity contribution in [2.45, 2.75) is 230 Å². The van der Waals surface area contributed by atoms with Crippen LogP contribution in [-0.4, -0.2) is 171 Å². The molecule has 0 saturated carbocycles. The molecule has 8 N–H and O–H groups in total. The second-order valence-electron chi connectivity index (χ2n) is 30.8. The van der Waals surface area contributed by atoms with E-state index in [1.807, 2.05) is 27.7 Å². The lowest BCUT2D eigenvalue weighted by Crippen LogP contribution is -2.45. The van der Waals surface area contributed by atoms with E-state index in [4.69, 9.17) is 123 Å². The fourth-order valence-corrected chi connectivity index (χ4v) is 15.1. The van der Waals surface area contributed by atoms with Gasteiger partial charge in [0.25, 0.3) is 0 Å². The average Bonchev–Trinajstić information content (AvgIpc) is 1.61. The van der Waals surface area contributed by atoms with Gasteiger partial charge in [0.15, 0.2) is 51.7 Å². The number of rotatable bonds is 38. The molecule has 36 nitrogen and oxygen atoms in total. The van der Waals surface area contributed by atoms with Crippen molar-refractivity contribution in [1.29, 1.82) is 0 Å². The molecule has 4 aromatic carbocycles. The third-order valence-corrected chi connectivity index (χ3v) is 22.3. The summed E-state index contributed by atoms with van der Waals surface area (Å²) in [6.07, 6.45) is 27.8. The summed E-state index contributed by atoms with van der Waals surface area (Å²) >= 11 is 18.0. The van der Waals surface area contributed by atoms with Crippen molar-refractivity contribution >= 4 is 134 Å². The molecular formula is C92H100Cl3N15O21. The van der Waals surface area contributed by atoms with Crippen molar-refractivity contribution in [2.24, 2.45) is 0 Å². The first kappa shape index (κ1) is 98.6. The van der Waals surface area contributed by atoms with Gasteiger partial charge in [-0.05, 0) is 84.8 Å². The van der Waals surface area contributed by atoms with Crippen LogP contribution in [0.15, 0.2) is 116 Å². The van der Waals surface area contributed by atoms with Gasteiger partial charge in [-0.25, -0.2) is 34.1 Å². The zero-order valence-electron chi connectivity index (χ0n) is 72.4. The predicted octanol–water partition coefficient (Wildman–Crippen LogP) is 13.1. The van der Waals surface area contributed by atoms with Crippen LogP contribution >= 0.6 is 34.8 Å². The number of aliphatic hydroxyl groups excluding tert-OH is 2. The van der Waals surface area contributed by atoms with Gasteiger partial charge in [-0.2, -0.15) is 29.9 Å². The van der Waals surface area contributed by atoms with Crippen LogP contribution in [0, 0.1) is 37.0 Å². The monoisotopic (exact) mass is 1860 g/mol. The van der Waals surface area contributed by atoms with Gasteiger partial charge in [-0.1, -0.05) is 170 Å². The highest BCUT2D eigenvalue weighted by atomic mass is 35.5. The summed E-state index contributed by atoms with van der Waals surface area (Å²) in [6.45, 7) is 6.18. The van der Waals surface area contributed by atoms with Gasteiger partial charge in [0.05, 0.1) is 47.8 Å². The molecule has 131 heavy (non-hydrogen) atoms. The Bertz CT molecular complexity index is 5880. The molecule has 0 amide bonds. The molecule has 3 saturated heterocycles. The van der Waals surface area contributed by atoms with E-state index in [0.717, 1.165) is 64.2 Å². The van der Waals surface area contributed by atoms with Crippen molar-refractivity contribution in [1.82, 2.24) is 58.6 Å². The Balaban J connectivity index is 0.000000195. The summed E-state index contributed by atoms with van der Waals surface area (Å²) < 4.78 is 67.8. The highest BCUT2D eigenvalue weighted by Gasteiger charge is 2.55. The van der Waals surface area contributed by atoms with E-state index in [1.165, 1.54) is 28.1 Å². The number of nitrogens with two attached hydrogens (primary N) is 3. The first-order valence-electron chi connectivity index (χ1n) is 42.6. The summed E-state index contributed by atoms with van der Waals surface area (Å²) in [7, 11) is 0. The number of aliphatic hydroxyl groups is 2. The van der Waals surface area contributed by atoms with E-state index >= 15 is 0 Å². The predicted molar refractivity (Wildman–Crippen MR) is 477 cm³/mol. The lowest BCUT2D eigenvalue weighted by Gasteiger charge is -2.29. The third kappa shape index (κ3) is 24.6. The topological polar surface area (TPSA) is 487 Å². The first-order valence-corrected chi connectivity index (χ1v) is 43.7. The molecule has 39 heteroatoms. The normalized spacial score (nSPS) is 19.5. The minimum Gasteiger partial charge on any atom is -0.461 e. The lowest BCUT2D eigenvalue weighted by atomic mass is 9.98. The number of terminal acetylenes is 3. The van der Waals surface area contributed by atoms with Crippen molar-refractivity contribution in [2.75, 3.05) is 37.0 Å². The van der Waals surface area contributed by atoms with Gasteiger partial charge in [-0.15, -0.1) is 19.3 Å². The molecule has 0 bridgehead atoms. The van der Waals surface area contributed by atoms with Crippen molar-refractivity contribution < 1.29 is 101 Å². The zero-order chi connectivity index (χ0) is 93.9. The third-order valence-electron chi connectivity index (χ3n) is 21.8. The van der Waals surface area contributed by atoms with Gasteiger partial charge in [0, 0.05) is 67.2 Å². The number of imidazole rings is 3. The molecule has 10 aromatic rings. The summed E-state index contributed by atoms with van der Waals surface area (Å²) in [5.41, 5.74) is 17.0. The molecule has 3 aliphatic heterocycles. The maximum absolute atomic E-state index is 13.9. The number of ether oxygens (including phenoxy) is 11. The molecule has 6 aromatic heterocycles. The number of nitrogens with zero attached hydrogens (tertiary/aromatic N) is 12. The Kier molecular flexibility index (Phi) is 35.0. The van der Waals surface area contributed by atoms with Gasteiger partial charge in [0.2, 0.25) is 21.5 Å². The fourth-order valence-electron chi connectivity index (χ4n) is 14.6. The minimum atomic E-state index is -1.81. The molecule has 3 aliphatic rings. The molecule has 13 rings (SSSR count). The number of carbonyl (C=O) groups is 8. The molecule has 690 valence electrons. The number of hydrogen-bond donors (Lipinski definition) is 5. The largest absolute Gasteiger partial charge is 0.461 e. The van der Waals surface area contributed by atoms with E-state index in [-0.39, 0.29) is 149 Å². The standard InChI is InChI=1S/C40H44ClN5O9.2C26H28ClN5O6/c1-4-7-9-19-32(47)51-22-26-15-11-13-17-28(26)37(49)53-24-40(6-3)30(21-31(55-40)46-25-43-34-35(42)44-39(41)45-36(34)46)54-38(50)29-18-14-12-16-27(29)23-52-33(48)20-10-8-5-2;1-3-5-6-11-20(34)36-13-16-9-7-8-10-17(16)24(35)37-14-26(4-2)18(33)12-19(38-26)32-15-29-21-22(28)30-25(27)31-23(21)32;1-3-5-6-11-20(34)36-13-16-9-7-8-10-17(16)24(35)37-18-12-19(38-26(18,4-2)14-33)32-15-29-21-22(28)30-25(27)31-23(21)32/h3,11-18,25,30-31H,4-5,7-10,19-24H2,1-2H3,(H2,42,44,45);2*2,7-10,15,18-19,33H,3,5-6,11-14H2,1H3,(H2,28,30,31)/t30-,31+,40+;2*18-,19+,26+/m000/s1. The molecule has 0 radical (unpaired) electrons. The first-order chi connectivity index (χ1) is 63.2. The maximum Gasteiger partial charge on any atom is 0.338 e. The molecule has 0 spiro atoms. The Labute approximate surface area is 768 Å². The number of carbonyl (C=O) groups excluding carboxylic acids is 8. The van der Waals surface area contributed by atoms with E-state index < -0.39 is 97.5 Å². The quantitative estimate of drug-likeness (QED) is 0.00789. The van der Waals surface area contributed by atoms with Crippen LogP contribution in [-0.2, 0) is 97.7 Å². The highest BCUT2D eigenvalue weighted by Crippen LogP contribution is 2.44. The van der Waals surface area contributed by atoms with Crippen molar-refractivity contribution in [3.05, 3.63) is 176 Å². The van der Waals surface area contributed by atoms with E-state index in [0.29, 0.717) is 70.3 Å². The number of benzene rings is 4. The lowest BCUT2D eigenvalue weighted by molar-refractivity contribution is -0.146. The van der Waals surface area contributed by atoms with Crippen molar-refractivity contribution in [3.63, 3.8) is 0 Å². The summed E-state index contributed by atoms with van der Waals surface area (Å²) in [4.78, 5) is 139. The number of fused-ring (bicyclic) bond motifs is 3. The molecule has 0 unspecified atom stereocenters. The van der Waals surface area contributed by atoms with E-state index in [2.05, 4.69) is 62.6 Å². The number of anilines is 3. The van der Waals surface area contributed by atoms with Crippen molar-refractivity contribution in [3.8, 4) is 37.0 Å². The zero-order valence-corrected chi connectivity index (χ0v) is 74.7. The van der Waals surface area contributed by atoms with Crippen LogP contribution in [0.1, 0.15) is 232 Å². The van der Waals surface area contributed by atoms with Gasteiger partial charge >= 0.3 is 47.8 Å². The Morgan fingerprint density at radius 1 is 0.412 bits per heavy atom. The van der Waals surface area contributed by atoms with E-state index in [9.17, 15) is 48.6 Å². The Morgan fingerprint density at radius 3 is 1.01 bits per heavy atom. The Morgan fingerprint density at radius 2 is 0.695 bits per heavy atom. The van der Waals surface area contributed by atoms with Crippen LogP contribution in [0.2, 0.25) is 15.9 Å². The SMILES string of the molecule is C#C[C@]1(CO)O[C@@H](n2cnc3c(N)nc(Cl)nc32)C[C@@H]1OC(=O)c1ccccc1COC(=O)CCCCC.C#C[C@]1(COC(=O)c2ccccc2COC(=O)CCCCC)O[C@@H](n2cnc3c(N)nc(Cl)nc32)C[C@@H]1O.C#C[C@]1(COC(=O)c2ccccc2COC(=O)CCCCC)O[C@@H](n2cnc3c(N)nc(Cl)nc32)C[C@@H]1OC(=O)c1ccccc1COC(=O)CCCCC. The van der Waals surface area contributed by atoms with E-state index in [1.54, 1.807) is 102 Å². The number of esters is 8. The second-order valence-corrected chi connectivity index (χ2v) is 31.9. The minimum absolute atomic E-state index is 0.0281. The van der Waals surface area contributed by atoms with Crippen LogP contribution in [0.25, 0.3) is 33.5 Å². The van der Waals surface area contributed by atoms with Crippen LogP contribution in [0.5, 0.6) is 0 Å². The smallest absolute Gasteiger partial charge is 0.338 e.